The molecule has 4 rings (SSSR count). The third-order valence-electron chi connectivity index (χ3n) is 4.09. The average Bonchev–Trinajstić information content (AvgIpc) is 2.74. The molecule has 0 aliphatic rings. The van der Waals surface area contributed by atoms with Gasteiger partial charge in [0.15, 0.2) is 0 Å². The topological polar surface area (TPSA) is 104 Å². The van der Waals surface area contributed by atoms with Crippen molar-refractivity contribution in [3.63, 3.8) is 0 Å². The predicted octanol–water partition coefficient (Wildman–Crippen LogP) is 2.57. The number of hydrogen-bond acceptors (Lipinski definition) is 4. The van der Waals surface area contributed by atoms with E-state index in [4.69, 9.17) is 23.1 Å². The Morgan fingerprint density at radius 3 is 1.40 bits per heavy atom. The van der Waals surface area contributed by atoms with Gasteiger partial charge in [0.2, 0.25) is 0 Å². The van der Waals surface area contributed by atoms with Crippen molar-refractivity contribution in [2.45, 2.75) is 0 Å². The summed E-state index contributed by atoms with van der Waals surface area (Å²) in [6.45, 7) is 0. The van der Waals surface area contributed by atoms with Gasteiger partial charge in [0.1, 0.15) is 0 Å². The fourth-order valence-electron chi connectivity index (χ4n) is 2.80. The molecule has 0 radical (unpaired) electrons. The number of benzene rings is 3. The molecule has 0 aliphatic heterocycles. The van der Waals surface area contributed by atoms with E-state index in [2.05, 4.69) is 76.6 Å². The van der Waals surface area contributed by atoms with Crippen LogP contribution in [0.15, 0.2) is 106 Å². The van der Waals surface area contributed by atoms with Crippen molar-refractivity contribution in [1.29, 1.82) is 0 Å². The Hall–Kier alpha value is -2.58. The van der Waals surface area contributed by atoms with E-state index >= 15 is 0 Å². The van der Waals surface area contributed by atoms with Gasteiger partial charge in [-0.25, -0.2) is 23.1 Å². The summed E-state index contributed by atoms with van der Waals surface area (Å²) in [7, 11) is -4.94. The van der Waals surface area contributed by atoms with Gasteiger partial charge in [-0.1, -0.05) is 64.5 Å². The first-order valence-corrected chi connectivity index (χ1v) is 10.8. The minimum Gasteiger partial charge on any atom is -0.222 e. The second kappa shape index (κ2) is 9.95. The normalized spacial score (nSPS) is 10.8. The average molecular weight is 488 g/mol. The second-order valence-electron chi connectivity index (χ2n) is 6.19. The van der Waals surface area contributed by atoms with Gasteiger partial charge >= 0.3 is 11.5 Å². The first kappa shape index (κ1) is 22.1. The van der Waals surface area contributed by atoms with Crippen LogP contribution in [0.25, 0.3) is 33.8 Å². The summed E-state index contributed by atoms with van der Waals surface area (Å²) in [6.07, 6.45) is 0. The quantitative estimate of drug-likeness (QED) is 0.413. The first-order chi connectivity index (χ1) is 14.3. The molecular weight excluding hydrogens is 472 g/mol. The van der Waals surface area contributed by atoms with Crippen LogP contribution in [0.4, 0.5) is 0 Å². The van der Waals surface area contributed by atoms with Crippen LogP contribution in [-0.4, -0.2) is 0 Å². The summed E-state index contributed by atoms with van der Waals surface area (Å²) < 4.78 is 41.3. The van der Waals surface area contributed by atoms with E-state index in [-0.39, 0.29) is 0 Å². The van der Waals surface area contributed by atoms with Crippen molar-refractivity contribution >= 4 is 15.9 Å². The van der Waals surface area contributed by atoms with Crippen molar-refractivity contribution in [3.8, 4) is 33.8 Å². The van der Waals surface area contributed by atoms with Crippen LogP contribution < -0.4 is 18.6 Å². The standard InChI is InChI=1S/C23H16BrO.ClHO4/c24-21-13-11-19(12-14-21)23-16-20(17-7-3-1-4-8-17)15-22(25-23)18-9-5-2-6-10-18;2-1(3,4)5/h1-16H;(H,2,3,4,5)/q+1;/p-1. The summed E-state index contributed by atoms with van der Waals surface area (Å²) in [4.78, 5) is 0. The number of halogens is 2. The van der Waals surface area contributed by atoms with E-state index in [0.29, 0.717) is 0 Å². The molecule has 3 aromatic carbocycles. The number of rotatable bonds is 3. The smallest absolute Gasteiger partial charge is 0.222 e. The summed E-state index contributed by atoms with van der Waals surface area (Å²) in [5.74, 6) is 1.72. The molecule has 0 atom stereocenters. The Morgan fingerprint density at radius 1 is 0.533 bits per heavy atom. The molecule has 0 spiro atoms. The van der Waals surface area contributed by atoms with Gasteiger partial charge < -0.3 is 0 Å². The van der Waals surface area contributed by atoms with Crippen LogP contribution in [0.1, 0.15) is 0 Å². The van der Waals surface area contributed by atoms with Crippen molar-refractivity contribution in [1.82, 2.24) is 0 Å². The molecule has 0 bridgehead atoms. The van der Waals surface area contributed by atoms with Crippen molar-refractivity contribution in [2.24, 2.45) is 0 Å². The van der Waals surface area contributed by atoms with E-state index < -0.39 is 10.2 Å². The Balaban J connectivity index is 0.000000461. The van der Waals surface area contributed by atoms with Crippen LogP contribution in [0, 0.1) is 10.2 Å². The lowest BCUT2D eigenvalue weighted by molar-refractivity contribution is -2.00. The highest BCUT2D eigenvalue weighted by Crippen LogP contribution is 2.33. The second-order valence-corrected chi connectivity index (χ2v) is 7.86. The fourth-order valence-corrected chi connectivity index (χ4v) is 3.06. The number of hydrogen-bond donors (Lipinski definition) is 0. The fraction of sp³-hybridized carbons (Fsp3) is 0. The van der Waals surface area contributed by atoms with Crippen molar-refractivity contribution in [3.05, 3.63) is 102 Å². The molecule has 0 aliphatic carbocycles. The zero-order valence-corrected chi connectivity index (χ0v) is 17.9. The van der Waals surface area contributed by atoms with Gasteiger partial charge in [0.25, 0.3) is 0 Å². The third-order valence-corrected chi connectivity index (χ3v) is 4.62. The summed E-state index contributed by atoms with van der Waals surface area (Å²) in [5.41, 5.74) is 4.44. The van der Waals surface area contributed by atoms with Crippen LogP contribution in [0.2, 0.25) is 0 Å². The van der Waals surface area contributed by atoms with E-state index in [1.807, 2.05) is 36.4 Å². The van der Waals surface area contributed by atoms with Gasteiger partial charge in [-0.2, -0.15) is 0 Å². The molecule has 0 amide bonds. The van der Waals surface area contributed by atoms with Gasteiger partial charge in [0, 0.05) is 10.0 Å². The van der Waals surface area contributed by atoms with Crippen LogP contribution >= 0.6 is 15.9 Å². The van der Waals surface area contributed by atoms with Crippen LogP contribution in [0.3, 0.4) is 0 Å². The van der Waals surface area contributed by atoms with Crippen molar-refractivity contribution < 1.29 is 33.3 Å². The largest absolute Gasteiger partial charge is 0.361 e. The zero-order chi connectivity index (χ0) is 21.6. The summed E-state index contributed by atoms with van der Waals surface area (Å²) >= 11 is 3.49. The lowest BCUT2D eigenvalue weighted by atomic mass is 10.0. The van der Waals surface area contributed by atoms with Gasteiger partial charge in [0.05, 0.1) is 23.3 Å². The molecular formula is C23H16BrClO5. The Bertz CT molecular complexity index is 1020. The van der Waals surface area contributed by atoms with Gasteiger partial charge in [-0.05, 0) is 42.0 Å². The molecule has 0 unspecified atom stereocenters. The highest BCUT2D eigenvalue weighted by molar-refractivity contribution is 9.10. The Labute approximate surface area is 184 Å². The monoisotopic (exact) mass is 486 g/mol. The lowest BCUT2D eigenvalue weighted by Crippen LogP contribution is -2.68. The molecule has 1 aromatic heterocycles. The van der Waals surface area contributed by atoms with Gasteiger partial charge in [-0.3, -0.25) is 0 Å². The van der Waals surface area contributed by atoms with Gasteiger partial charge in [-0.15, -0.1) is 10.2 Å². The maximum atomic E-state index is 8.49. The molecule has 0 saturated carbocycles. The van der Waals surface area contributed by atoms with Crippen LogP contribution in [0.5, 0.6) is 0 Å². The molecule has 0 N–H and O–H groups in total. The SMILES string of the molecule is Brc1ccc(-c2cc(-c3ccccc3)cc(-c3ccccc3)[o+]2)cc1.[O-][Cl+3]([O-])([O-])[O-]. The first-order valence-electron chi connectivity index (χ1n) is 8.76. The lowest BCUT2D eigenvalue weighted by Gasteiger charge is -2.17. The van der Waals surface area contributed by atoms with Crippen LogP contribution in [-0.2, 0) is 0 Å². The minimum absolute atomic E-state index is 0.854. The highest BCUT2D eigenvalue weighted by atomic mass is 79.9. The molecule has 30 heavy (non-hydrogen) atoms. The van der Waals surface area contributed by atoms with E-state index in [1.165, 1.54) is 5.56 Å². The van der Waals surface area contributed by atoms with E-state index in [9.17, 15) is 0 Å². The summed E-state index contributed by atoms with van der Waals surface area (Å²) in [5, 5.41) is 0. The zero-order valence-electron chi connectivity index (χ0n) is 15.5. The maximum absolute atomic E-state index is 8.49. The highest BCUT2D eigenvalue weighted by Gasteiger charge is 2.20. The Kier molecular flexibility index (Phi) is 7.33. The molecule has 0 saturated heterocycles. The maximum Gasteiger partial charge on any atom is 0.361 e. The molecule has 7 heteroatoms. The van der Waals surface area contributed by atoms with E-state index in [0.717, 1.165) is 32.7 Å². The molecule has 5 nitrogen and oxygen atoms in total. The molecule has 152 valence electrons. The predicted molar refractivity (Wildman–Crippen MR) is 107 cm³/mol. The third kappa shape index (κ3) is 6.74. The molecule has 1 heterocycles. The summed E-state index contributed by atoms with van der Waals surface area (Å²) in [6, 6.07) is 33.0. The van der Waals surface area contributed by atoms with E-state index in [1.54, 1.807) is 0 Å². The molecule has 4 aromatic rings. The molecule has 0 fully saturated rings. The Morgan fingerprint density at radius 2 is 0.933 bits per heavy atom. The minimum atomic E-state index is -4.94. The van der Waals surface area contributed by atoms with Crippen molar-refractivity contribution in [2.75, 3.05) is 0 Å².